The van der Waals surface area contributed by atoms with Crippen molar-refractivity contribution in [2.45, 2.75) is 0 Å². The molecule has 2 aliphatic rings. The summed E-state index contributed by atoms with van der Waals surface area (Å²) in [6, 6.07) is 50.7. The monoisotopic (exact) mass is 2040 g/mol. The molecule has 5 heterocycles. The molecule has 3 aromatic heterocycles. The van der Waals surface area contributed by atoms with Gasteiger partial charge in [-0.1, -0.05) is 121 Å². The summed E-state index contributed by atoms with van der Waals surface area (Å²) in [4.78, 5) is 18.3. The number of benzene rings is 12. The summed E-state index contributed by atoms with van der Waals surface area (Å²) in [5, 5.41) is 0. The van der Waals surface area contributed by atoms with Crippen molar-refractivity contribution in [3.8, 4) is 44.5 Å². The number of aromatic nitrogens is 4. The minimum absolute atomic E-state index is 0. The molecule has 0 fully saturated rings. The van der Waals surface area contributed by atoms with E-state index in [1.165, 1.54) is 0 Å². The number of nitrogens with one attached hydrogen (secondary N) is 2. The molecular formula is C92H30B2F40N4Zn. The summed E-state index contributed by atoms with van der Waals surface area (Å²) in [5.74, 6) is -143. The fourth-order valence-electron chi connectivity index (χ4n) is 16.6. The number of nitrogens with zero attached hydrogens (tertiary/aromatic N) is 2. The SMILES string of the molecule is C1=Cc2nc1c(-c1ccccc1)c1ccc([nH]1)c(-c1ccccc1)c1nc(c(-c3ccccc3)c3ccc([nH]3)c2-c2ccccc2)C=C1.Fc1c(F)c(F)c([B-](c2c(F)c(F)c(F)c(F)c2F)(c2c(F)c(F)c(F)c(F)c2F)c2c(F)c(F)c(F)c(F)c2F)c(F)c1F.Fc1c(F)c(F)c([B-](c2c(F)c(F)c(F)c(F)c2F)(c2c(F)c(F)c(F)c(F)c2F)c2c(F)c(F)c(F)c(F)c2F)c(F)c1F.[Zn+2]. The maximum absolute atomic E-state index is 15.4. The van der Waals surface area contributed by atoms with Crippen LogP contribution in [-0.2, 0) is 19.5 Å². The molecule has 0 radical (unpaired) electrons. The van der Waals surface area contributed by atoms with Crippen LogP contribution < -0.4 is 43.7 Å². The first-order valence-corrected chi connectivity index (χ1v) is 38.0. The van der Waals surface area contributed by atoms with Crippen molar-refractivity contribution in [2.75, 3.05) is 0 Å². The minimum Gasteiger partial charge on any atom is -0.354 e. The molecule has 15 aromatic rings. The van der Waals surface area contributed by atoms with Gasteiger partial charge in [0.15, 0.2) is 140 Å². The Morgan fingerprint density at radius 2 is 0.252 bits per heavy atom. The summed E-state index contributed by atoms with van der Waals surface area (Å²) >= 11 is 0. The molecule has 0 saturated carbocycles. The summed E-state index contributed by atoms with van der Waals surface area (Å²) in [5.41, 5.74) is -12.5. The summed E-state index contributed by atoms with van der Waals surface area (Å²) in [7, 11) is 0. The number of halogens is 40. The molecule has 0 aliphatic carbocycles. The van der Waals surface area contributed by atoms with Crippen molar-refractivity contribution < 1.29 is 195 Å². The van der Waals surface area contributed by atoms with E-state index < -0.39 is 289 Å². The van der Waals surface area contributed by atoms with E-state index in [9.17, 15) is 105 Å². The van der Waals surface area contributed by atoms with Crippen molar-refractivity contribution >= 4 is 102 Å². The van der Waals surface area contributed by atoms with Crippen molar-refractivity contribution in [1.29, 1.82) is 0 Å². The van der Waals surface area contributed by atoms with E-state index in [2.05, 4.69) is 156 Å². The van der Waals surface area contributed by atoms with Crippen molar-refractivity contribution in [3.63, 3.8) is 0 Å². The molecule has 17 rings (SSSR count). The van der Waals surface area contributed by atoms with E-state index in [1.54, 1.807) is 0 Å². The maximum Gasteiger partial charge on any atom is 2.00 e. The van der Waals surface area contributed by atoms with Crippen LogP contribution in [0.3, 0.4) is 0 Å². The molecule has 706 valence electrons. The Hall–Kier alpha value is -14.8. The number of H-pyrrole nitrogens is 2. The first kappa shape index (κ1) is 100. The van der Waals surface area contributed by atoms with Gasteiger partial charge < -0.3 is 9.97 Å². The van der Waals surface area contributed by atoms with Gasteiger partial charge in [-0.05, 0) is 70.8 Å². The second-order valence-corrected chi connectivity index (χ2v) is 29.6. The fourth-order valence-corrected chi connectivity index (χ4v) is 16.6. The molecule has 8 bridgehead atoms. The van der Waals surface area contributed by atoms with E-state index in [-0.39, 0.29) is 19.5 Å². The van der Waals surface area contributed by atoms with Crippen LogP contribution in [0, 0.1) is 233 Å². The number of hydrogen-bond acceptors (Lipinski definition) is 2. The first-order valence-electron chi connectivity index (χ1n) is 38.0. The standard InChI is InChI=1S/C44H30N4.2C24BF20.Zn/c1-5-13-29(14-6-1)41-33-21-23-35(45-33)42(30-15-7-2-8-16-30)37-25-27-39(47-37)44(32-19-11-4-12-20-32)40-28-26-38(48-40)43(31-17-9-3-10-18-31)36-24-22-34(41)46-36;2*26-5-1(6(27)14(35)21(42)13(5)34)25(2-7(28)15(36)22(43)16(37)8(2)29,3-9(30)17(38)23(44)18(39)10(3)31)4-11(32)19(40)24(45)20(41)12(4)33;/h1-28,45,48H;;;/q;2*-1;+2. The van der Waals surface area contributed by atoms with Gasteiger partial charge >= 0.3 is 19.5 Å². The van der Waals surface area contributed by atoms with Gasteiger partial charge in [0.25, 0.3) is 0 Å². The zero-order valence-electron chi connectivity index (χ0n) is 67.0. The van der Waals surface area contributed by atoms with Gasteiger partial charge in [0.05, 0.1) is 22.8 Å². The second kappa shape index (κ2) is 37.6. The third kappa shape index (κ3) is 15.5. The average Bonchev–Trinajstić information content (AvgIpc) is 0.701. The van der Waals surface area contributed by atoms with Gasteiger partial charge in [0, 0.05) is 44.3 Å². The molecule has 2 aliphatic heterocycles. The summed E-state index contributed by atoms with van der Waals surface area (Å²) in [6.07, 6.45) is -5.89. The van der Waals surface area contributed by atoms with Crippen LogP contribution in [0.1, 0.15) is 22.8 Å². The van der Waals surface area contributed by atoms with Crippen LogP contribution in [0.15, 0.2) is 146 Å². The van der Waals surface area contributed by atoms with Gasteiger partial charge in [-0.2, -0.15) is 0 Å². The topological polar surface area (TPSA) is 57.4 Å². The Bertz CT molecular complexity index is 6530. The van der Waals surface area contributed by atoms with Crippen molar-refractivity contribution in [2.24, 2.45) is 0 Å². The van der Waals surface area contributed by atoms with Gasteiger partial charge in [-0.3, -0.25) is 0 Å². The van der Waals surface area contributed by atoms with Gasteiger partial charge in [-0.15, -0.1) is 43.7 Å². The van der Waals surface area contributed by atoms with Crippen molar-refractivity contribution in [1.82, 2.24) is 19.9 Å². The third-order valence-electron chi connectivity index (χ3n) is 22.4. The normalized spacial score (nSPS) is 11.9. The molecule has 12 aromatic carbocycles. The number of hydrogen-bond donors (Lipinski definition) is 2. The summed E-state index contributed by atoms with van der Waals surface area (Å²) in [6.45, 7) is 0. The zero-order valence-corrected chi connectivity index (χ0v) is 70.0. The molecule has 0 amide bonds. The average molecular weight is 2040 g/mol. The van der Waals surface area contributed by atoms with Crippen molar-refractivity contribution in [3.05, 3.63) is 401 Å². The quantitative estimate of drug-likeness (QED) is 0.0554. The van der Waals surface area contributed by atoms with Crippen LogP contribution in [0.2, 0.25) is 0 Å². The fraction of sp³-hybridized carbons (Fsp3) is 0. The van der Waals surface area contributed by atoms with Crippen LogP contribution in [0.4, 0.5) is 176 Å². The second-order valence-electron chi connectivity index (χ2n) is 29.6. The van der Waals surface area contributed by atoms with Gasteiger partial charge in [-0.25, -0.2) is 186 Å². The molecule has 0 unspecified atom stereocenters. The molecular weight excluding hydrogens is 2010 g/mol. The number of rotatable bonds is 12. The number of fused-ring (bicyclic) bond motifs is 8. The molecule has 47 heteroatoms. The van der Waals surface area contributed by atoms with E-state index in [0.717, 1.165) is 89.4 Å². The molecule has 0 spiro atoms. The predicted molar refractivity (Wildman–Crippen MR) is 419 cm³/mol. The molecule has 2 N–H and O–H groups in total. The molecule has 0 atom stereocenters. The smallest absolute Gasteiger partial charge is 0.354 e. The van der Waals surface area contributed by atoms with Crippen LogP contribution in [0.25, 0.3) is 90.9 Å². The van der Waals surface area contributed by atoms with Gasteiger partial charge in [0.1, 0.15) is 105 Å². The van der Waals surface area contributed by atoms with Gasteiger partial charge in [0.2, 0.25) is 0 Å². The summed E-state index contributed by atoms with van der Waals surface area (Å²) < 4.78 is 588. The van der Waals surface area contributed by atoms with Crippen LogP contribution in [0.5, 0.6) is 0 Å². The molecule has 139 heavy (non-hydrogen) atoms. The van der Waals surface area contributed by atoms with E-state index in [1.807, 2.05) is 24.3 Å². The molecule has 4 nitrogen and oxygen atoms in total. The Balaban J connectivity index is 0.000000166. The third-order valence-corrected chi connectivity index (χ3v) is 22.4. The first-order chi connectivity index (χ1) is 65.2. The Morgan fingerprint density at radius 3 is 0.367 bits per heavy atom. The Labute approximate surface area is 759 Å². The number of aromatic amines is 2. The van der Waals surface area contributed by atoms with E-state index in [4.69, 9.17) is 9.97 Å². The van der Waals surface area contributed by atoms with E-state index >= 15 is 70.2 Å². The molecule has 0 saturated heterocycles. The maximum atomic E-state index is 15.4. The predicted octanol–water partition coefficient (Wildman–Crippen LogP) is 23.0. The van der Waals surface area contributed by atoms with Crippen LogP contribution >= 0.6 is 0 Å². The Morgan fingerprint density at radius 1 is 0.144 bits per heavy atom. The Kier molecular flexibility index (Phi) is 27.1. The zero-order chi connectivity index (χ0) is 101. The largest absolute Gasteiger partial charge is 2.00 e. The van der Waals surface area contributed by atoms with E-state index in [0.29, 0.717) is 0 Å². The van der Waals surface area contributed by atoms with Crippen LogP contribution in [-0.4, -0.2) is 32.2 Å². The minimum atomic E-state index is -7.22.